The summed E-state index contributed by atoms with van der Waals surface area (Å²) in [4.78, 5) is 0. The first kappa shape index (κ1) is 20.3. The Morgan fingerprint density at radius 2 is 0.781 bits per heavy atom. The molecule has 1 heterocycles. The summed E-state index contributed by atoms with van der Waals surface area (Å²) in [6.07, 6.45) is -1.31. The molecular formula is C28H24O4. The van der Waals surface area contributed by atoms with E-state index in [0.717, 1.165) is 22.3 Å². The van der Waals surface area contributed by atoms with Gasteiger partial charge in [0.15, 0.2) is 0 Å². The van der Waals surface area contributed by atoms with Crippen LogP contribution in [0.15, 0.2) is 109 Å². The quantitative estimate of drug-likeness (QED) is 0.370. The second kappa shape index (κ2) is 9.69. The van der Waals surface area contributed by atoms with Crippen molar-refractivity contribution in [3.05, 3.63) is 109 Å². The molecule has 0 spiro atoms. The fourth-order valence-corrected chi connectivity index (χ4v) is 3.65. The van der Waals surface area contributed by atoms with Crippen LogP contribution in [0.25, 0.3) is 22.3 Å². The van der Waals surface area contributed by atoms with Gasteiger partial charge >= 0.3 is 0 Å². The second-order valence-electron chi connectivity index (χ2n) is 7.49. The molecule has 4 heteroatoms. The standard InChI is InChI=1S/C28H24O4/c1-3-7-21(8-4-1)23-11-15-25(16-12-23)31-27-28(30-20-19-29-27)32-26-17-13-24(14-18-26)22-9-5-2-6-10-22/h1-18,27-28H,19-20H2/t27-,28-/m0/s1. The molecule has 1 aliphatic rings. The molecule has 32 heavy (non-hydrogen) atoms. The van der Waals surface area contributed by atoms with Crippen LogP contribution in [0.5, 0.6) is 11.5 Å². The Labute approximate surface area is 188 Å². The minimum atomic E-state index is -0.653. The zero-order valence-electron chi connectivity index (χ0n) is 17.6. The number of hydrogen-bond donors (Lipinski definition) is 0. The van der Waals surface area contributed by atoms with Gasteiger partial charge < -0.3 is 18.9 Å². The van der Waals surface area contributed by atoms with Crippen molar-refractivity contribution in [1.29, 1.82) is 0 Å². The first-order valence-corrected chi connectivity index (χ1v) is 10.7. The predicted molar refractivity (Wildman–Crippen MR) is 124 cm³/mol. The van der Waals surface area contributed by atoms with Crippen LogP contribution in [0.1, 0.15) is 0 Å². The lowest BCUT2D eigenvalue weighted by molar-refractivity contribution is -0.271. The van der Waals surface area contributed by atoms with Crippen LogP contribution in [0.4, 0.5) is 0 Å². The summed E-state index contributed by atoms with van der Waals surface area (Å²) in [6, 6.07) is 36.4. The van der Waals surface area contributed by atoms with Gasteiger partial charge in [0.05, 0.1) is 13.2 Å². The third-order valence-corrected chi connectivity index (χ3v) is 5.30. The molecule has 2 atom stereocenters. The summed E-state index contributed by atoms with van der Waals surface area (Å²) < 4.78 is 23.7. The summed E-state index contributed by atoms with van der Waals surface area (Å²) in [6.45, 7) is 0.916. The van der Waals surface area contributed by atoms with Crippen LogP contribution < -0.4 is 9.47 Å². The van der Waals surface area contributed by atoms with E-state index in [4.69, 9.17) is 18.9 Å². The molecule has 0 radical (unpaired) electrons. The monoisotopic (exact) mass is 424 g/mol. The largest absolute Gasteiger partial charge is 0.458 e. The summed E-state index contributed by atoms with van der Waals surface area (Å²) >= 11 is 0. The minimum Gasteiger partial charge on any atom is -0.458 e. The average Bonchev–Trinajstić information content (AvgIpc) is 2.87. The van der Waals surface area contributed by atoms with E-state index in [1.807, 2.05) is 84.9 Å². The maximum Gasteiger partial charge on any atom is 0.263 e. The minimum absolute atomic E-state index is 0.458. The van der Waals surface area contributed by atoms with Crippen molar-refractivity contribution in [2.24, 2.45) is 0 Å². The van der Waals surface area contributed by atoms with Gasteiger partial charge in [-0.05, 0) is 46.5 Å². The molecule has 0 amide bonds. The number of benzene rings is 4. The van der Waals surface area contributed by atoms with Gasteiger partial charge in [-0.25, -0.2) is 0 Å². The number of ether oxygens (including phenoxy) is 4. The zero-order valence-corrected chi connectivity index (χ0v) is 17.6. The van der Waals surface area contributed by atoms with Crippen molar-refractivity contribution in [1.82, 2.24) is 0 Å². The number of hydrogen-bond acceptors (Lipinski definition) is 4. The van der Waals surface area contributed by atoms with Crippen LogP contribution >= 0.6 is 0 Å². The first-order valence-electron chi connectivity index (χ1n) is 10.7. The van der Waals surface area contributed by atoms with E-state index in [-0.39, 0.29) is 0 Å². The van der Waals surface area contributed by atoms with Crippen molar-refractivity contribution in [3.63, 3.8) is 0 Å². The van der Waals surface area contributed by atoms with Crippen molar-refractivity contribution in [3.8, 4) is 33.8 Å². The molecule has 160 valence electrons. The molecular weight excluding hydrogens is 400 g/mol. The lowest BCUT2D eigenvalue weighted by Gasteiger charge is -2.31. The lowest BCUT2D eigenvalue weighted by Crippen LogP contribution is -2.45. The maximum atomic E-state index is 6.05. The van der Waals surface area contributed by atoms with Crippen molar-refractivity contribution in [2.45, 2.75) is 12.6 Å². The molecule has 1 fully saturated rings. The van der Waals surface area contributed by atoms with Gasteiger partial charge in [0, 0.05) is 0 Å². The highest BCUT2D eigenvalue weighted by atomic mass is 16.8. The molecule has 4 nitrogen and oxygen atoms in total. The molecule has 0 N–H and O–H groups in total. The average molecular weight is 424 g/mol. The van der Waals surface area contributed by atoms with Crippen LogP contribution in [0, 0.1) is 0 Å². The third-order valence-electron chi connectivity index (χ3n) is 5.30. The van der Waals surface area contributed by atoms with E-state index in [9.17, 15) is 0 Å². The summed E-state index contributed by atoms with van der Waals surface area (Å²) in [5.74, 6) is 1.40. The van der Waals surface area contributed by atoms with Gasteiger partial charge in [0.1, 0.15) is 11.5 Å². The molecule has 4 aromatic carbocycles. The molecule has 1 saturated heterocycles. The first-order chi connectivity index (χ1) is 15.8. The second-order valence-corrected chi connectivity index (χ2v) is 7.49. The zero-order chi connectivity index (χ0) is 21.6. The Hall–Kier alpha value is -3.60. The molecule has 0 bridgehead atoms. The Morgan fingerprint density at radius 1 is 0.438 bits per heavy atom. The molecule has 4 aromatic rings. The Balaban J connectivity index is 1.25. The SMILES string of the molecule is c1ccc(-c2ccc(O[C@@H]3OCCO[C@H]3Oc3ccc(-c4ccccc4)cc3)cc2)cc1. The fourth-order valence-electron chi connectivity index (χ4n) is 3.65. The summed E-state index contributed by atoms with van der Waals surface area (Å²) in [7, 11) is 0. The Bertz CT molecular complexity index is 1020. The van der Waals surface area contributed by atoms with Crippen molar-refractivity contribution >= 4 is 0 Å². The van der Waals surface area contributed by atoms with Crippen LogP contribution in [-0.2, 0) is 9.47 Å². The van der Waals surface area contributed by atoms with Gasteiger partial charge in [-0.3, -0.25) is 0 Å². The van der Waals surface area contributed by atoms with Gasteiger partial charge in [0.25, 0.3) is 12.6 Å². The van der Waals surface area contributed by atoms with Gasteiger partial charge in [-0.2, -0.15) is 0 Å². The van der Waals surface area contributed by atoms with Crippen LogP contribution in [-0.4, -0.2) is 25.8 Å². The van der Waals surface area contributed by atoms with Gasteiger partial charge in [-0.15, -0.1) is 0 Å². The van der Waals surface area contributed by atoms with E-state index in [0.29, 0.717) is 24.7 Å². The number of rotatable bonds is 6. The van der Waals surface area contributed by atoms with E-state index >= 15 is 0 Å². The lowest BCUT2D eigenvalue weighted by atomic mass is 10.1. The third kappa shape index (κ3) is 4.83. The highest BCUT2D eigenvalue weighted by Crippen LogP contribution is 2.27. The molecule has 5 rings (SSSR count). The van der Waals surface area contributed by atoms with Crippen molar-refractivity contribution in [2.75, 3.05) is 13.2 Å². The van der Waals surface area contributed by atoms with E-state index < -0.39 is 12.6 Å². The smallest absolute Gasteiger partial charge is 0.263 e. The summed E-state index contributed by atoms with van der Waals surface area (Å²) in [5.41, 5.74) is 4.59. The van der Waals surface area contributed by atoms with Crippen LogP contribution in [0.3, 0.4) is 0 Å². The predicted octanol–water partition coefficient (Wildman–Crippen LogP) is 6.18. The fraction of sp³-hybridized carbons (Fsp3) is 0.143. The molecule has 1 aliphatic heterocycles. The van der Waals surface area contributed by atoms with E-state index in [1.165, 1.54) is 0 Å². The summed E-state index contributed by atoms with van der Waals surface area (Å²) in [5, 5.41) is 0. The molecule has 0 saturated carbocycles. The van der Waals surface area contributed by atoms with E-state index in [2.05, 4.69) is 24.3 Å². The Kier molecular flexibility index (Phi) is 6.15. The topological polar surface area (TPSA) is 36.9 Å². The van der Waals surface area contributed by atoms with Gasteiger partial charge in [-0.1, -0.05) is 84.9 Å². The molecule has 0 unspecified atom stereocenters. The molecule has 0 aliphatic carbocycles. The van der Waals surface area contributed by atoms with Crippen molar-refractivity contribution < 1.29 is 18.9 Å². The molecule has 0 aromatic heterocycles. The highest BCUT2D eigenvalue weighted by Gasteiger charge is 2.31. The maximum absolute atomic E-state index is 6.05. The highest BCUT2D eigenvalue weighted by molar-refractivity contribution is 5.64. The van der Waals surface area contributed by atoms with Gasteiger partial charge in [0.2, 0.25) is 0 Å². The van der Waals surface area contributed by atoms with Crippen LogP contribution in [0.2, 0.25) is 0 Å². The Morgan fingerprint density at radius 3 is 1.16 bits per heavy atom. The normalized spacial score (nSPS) is 18.1. The van der Waals surface area contributed by atoms with E-state index in [1.54, 1.807) is 0 Å².